The number of aryl methyl sites for hydroxylation is 1. The van der Waals surface area contributed by atoms with Crippen LogP contribution in [0.4, 0.5) is 0 Å². The molecule has 2 aliphatic rings. The summed E-state index contributed by atoms with van der Waals surface area (Å²) in [6.45, 7) is 5.89. The molecule has 8 heteroatoms. The Kier molecular flexibility index (Phi) is 5.15. The van der Waals surface area contributed by atoms with Crippen LogP contribution in [0, 0.1) is 0 Å². The van der Waals surface area contributed by atoms with Crippen LogP contribution in [0.5, 0.6) is 11.5 Å². The fraction of sp³-hybridized carbons (Fsp3) is 0.474. The van der Waals surface area contributed by atoms with Gasteiger partial charge in [-0.1, -0.05) is 6.07 Å². The molecule has 0 bridgehead atoms. The van der Waals surface area contributed by atoms with Crippen molar-refractivity contribution in [1.29, 1.82) is 0 Å². The van der Waals surface area contributed by atoms with E-state index in [2.05, 4.69) is 37.3 Å². The lowest BCUT2D eigenvalue weighted by molar-refractivity contribution is 0.171. The van der Waals surface area contributed by atoms with E-state index in [9.17, 15) is 0 Å². The first-order valence-electron chi connectivity index (χ1n) is 9.25. The number of aliphatic imine (C=N–C) groups is 1. The van der Waals surface area contributed by atoms with Crippen molar-refractivity contribution in [3.63, 3.8) is 0 Å². The van der Waals surface area contributed by atoms with Crippen LogP contribution in [0.1, 0.15) is 11.1 Å². The summed E-state index contributed by atoms with van der Waals surface area (Å²) in [5.41, 5.74) is 2.41. The second-order valence-electron chi connectivity index (χ2n) is 6.87. The Bertz CT molecular complexity index is 810. The van der Waals surface area contributed by atoms with Gasteiger partial charge in [0.25, 0.3) is 0 Å². The Morgan fingerprint density at radius 3 is 2.70 bits per heavy atom. The lowest BCUT2D eigenvalue weighted by Crippen LogP contribution is -2.52. The van der Waals surface area contributed by atoms with Crippen LogP contribution in [-0.4, -0.2) is 65.6 Å². The molecule has 0 aliphatic carbocycles. The predicted octanol–water partition coefficient (Wildman–Crippen LogP) is 1.04. The number of nitrogens with one attached hydrogen (secondary N) is 1. The van der Waals surface area contributed by atoms with E-state index in [-0.39, 0.29) is 0 Å². The van der Waals surface area contributed by atoms with E-state index < -0.39 is 0 Å². The zero-order valence-electron chi connectivity index (χ0n) is 15.9. The van der Waals surface area contributed by atoms with Crippen molar-refractivity contribution in [2.75, 3.05) is 40.0 Å². The van der Waals surface area contributed by atoms with Crippen LogP contribution in [0.25, 0.3) is 0 Å². The second-order valence-corrected chi connectivity index (χ2v) is 6.87. The van der Waals surface area contributed by atoms with Gasteiger partial charge in [0.1, 0.15) is 0 Å². The lowest BCUT2D eigenvalue weighted by atomic mass is 10.1. The Labute approximate surface area is 159 Å². The molecule has 0 spiro atoms. The molecule has 0 radical (unpaired) electrons. The second kappa shape index (κ2) is 7.87. The maximum atomic E-state index is 5.48. The number of rotatable bonds is 4. The zero-order valence-corrected chi connectivity index (χ0v) is 15.9. The first kappa shape index (κ1) is 17.7. The highest BCUT2D eigenvalue weighted by atomic mass is 16.7. The number of fused-ring (bicyclic) bond motifs is 1. The molecule has 4 rings (SSSR count). The van der Waals surface area contributed by atoms with Gasteiger partial charge < -0.3 is 19.7 Å². The number of hydrogen-bond donors (Lipinski definition) is 1. The number of hydrogen-bond acceptors (Lipinski definition) is 5. The van der Waals surface area contributed by atoms with Crippen molar-refractivity contribution < 1.29 is 9.47 Å². The molecule has 27 heavy (non-hydrogen) atoms. The Balaban J connectivity index is 1.27. The topological polar surface area (TPSA) is 67.2 Å². The Morgan fingerprint density at radius 1 is 1.15 bits per heavy atom. The van der Waals surface area contributed by atoms with Crippen molar-refractivity contribution in [2.45, 2.75) is 13.1 Å². The highest BCUT2D eigenvalue weighted by molar-refractivity contribution is 5.80. The summed E-state index contributed by atoms with van der Waals surface area (Å²) >= 11 is 0. The van der Waals surface area contributed by atoms with Gasteiger partial charge in [0.15, 0.2) is 17.5 Å². The van der Waals surface area contributed by atoms with E-state index >= 15 is 0 Å². The maximum Gasteiger partial charge on any atom is 0.231 e. The number of benzene rings is 1. The lowest BCUT2D eigenvalue weighted by Gasteiger charge is -2.36. The van der Waals surface area contributed by atoms with Crippen molar-refractivity contribution in [3.05, 3.63) is 41.7 Å². The van der Waals surface area contributed by atoms with Crippen molar-refractivity contribution >= 4 is 5.96 Å². The normalized spacial score (nSPS) is 17.4. The van der Waals surface area contributed by atoms with Gasteiger partial charge >= 0.3 is 0 Å². The number of aromatic nitrogens is 2. The standard InChI is InChI=1S/C19H26N6O2/c1-20-19(21-10-16-11-22-23(2)12-16)25-7-5-24(6-8-25)13-15-3-4-17-18(9-15)27-14-26-17/h3-4,9,11-12H,5-8,10,13-14H2,1-2H3,(H,20,21). The fourth-order valence-corrected chi connectivity index (χ4v) is 3.49. The highest BCUT2D eigenvalue weighted by Crippen LogP contribution is 2.32. The van der Waals surface area contributed by atoms with Crippen LogP contribution < -0.4 is 14.8 Å². The quantitative estimate of drug-likeness (QED) is 0.641. The largest absolute Gasteiger partial charge is 0.454 e. The van der Waals surface area contributed by atoms with Crippen LogP contribution in [-0.2, 0) is 20.1 Å². The van der Waals surface area contributed by atoms with Crippen molar-refractivity contribution in [3.8, 4) is 11.5 Å². The number of ether oxygens (including phenoxy) is 2. The number of piperazine rings is 1. The Hall–Kier alpha value is -2.74. The molecular formula is C19H26N6O2. The van der Waals surface area contributed by atoms with Crippen LogP contribution >= 0.6 is 0 Å². The molecule has 2 aromatic rings. The smallest absolute Gasteiger partial charge is 0.231 e. The molecule has 1 aromatic heterocycles. The summed E-state index contributed by atoms with van der Waals surface area (Å²) in [6, 6.07) is 6.20. The van der Waals surface area contributed by atoms with Gasteiger partial charge in [-0.2, -0.15) is 5.10 Å². The summed E-state index contributed by atoms with van der Waals surface area (Å²) in [4.78, 5) is 9.21. The highest BCUT2D eigenvalue weighted by Gasteiger charge is 2.21. The zero-order chi connectivity index (χ0) is 18.6. The van der Waals surface area contributed by atoms with Crippen LogP contribution in [0.15, 0.2) is 35.6 Å². The van der Waals surface area contributed by atoms with E-state index in [0.717, 1.165) is 62.3 Å². The van der Waals surface area contributed by atoms with Gasteiger partial charge in [-0.05, 0) is 17.7 Å². The number of nitrogens with zero attached hydrogens (tertiary/aromatic N) is 5. The third-order valence-corrected chi connectivity index (χ3v) is 4.94. The van der Waals surface area contributed by atoms with Gasteiger partial charge in [0.05, 0.1) is 6.20 Å². The SMILES string of the molecule is CN=C(NCc1cnn(C)c1)N1CCN(Cc2ccc3c(c2)OCO3)CC1. The minimum atomic E-state index is 0.322. The van der Waals surface area contributed by atoms with Crippen molar-refractivity contribution in [1.82, 2.24) is 24.9 Å². The molecule has 144 valence electrons. The van der Waals surface area contributed by atoms with Gasteiger partial charge in [-0.15, -0.1) is 0 Å². The first-order chi connectivity index (χ1) is 13.2. The predicted molar refractivity (Wildman–Crippen MR) is 103 cm³/mol. The van der Waals surface area contributed by atoms with E-state index in [1.54, 1.807) is 0 Å². The first-order valence-corrected chi connectivity index (χ1v) is 9.25. The van der Waals surface area contributed by atoms with Gasteiger partial charge in [0.2, 0.25) is 6.79 Å². The summed E-state index contributed by atoms with van der Waals surface area (Å²) in [7, 11) is 3.77. The molecule has 1 aromatic carbocycles. The van der Waals surface area contributed by atoms with Crippen molar-refractivity contribution in [2.24, 2.45) is 12.0 Å². The molecule has 2 aliphatic heterocycles. The molecule has 0 atom stereocenters. The average Bonchev–Trinajstić information content (AvgIpc) is 3.32. The van der Waals surface area contributed by atoms with E-state index in [1.165, 1.54) is 5.56 Å². The van der Waals surface area contributed by atoms with E-state index in [0.29, 0.717) is 6.79 Å². The summed E-state index contributed by atoms with van der Waals surface area (Å²) in [5, 5.41) is 7.64. The van der Waals surface area contributed by atoms with Gasteiger partial charge in [0, 0.05) is 65.1 Å². The third-order valence-electron chi connectivity index (χ3n) is 4.94. The van der Waals surface area contributed by atoms with Crippen LogP contribution in [0.3, 0.4) is 0 Å². The molecule has 3 heterocycles. The molecule has 0 unspecified atom stereocenters. The minimum absolute atomic E-state index is 0.322. The van der Waals surface area contributed by atoms with E-state index in [4.69, 9.17) is 9.47 Å². The van der Waals surface area contributed by atoms with Gasteiger partial charge in [-0.25, -0.2) is 0 Å². The molecule has 1 saturated heterocycles. The minimum Gasteiger partial charge on any atom is -0.454 e. The maximum absolute atomic E-state index is 5.48. The average molecular weight is 370 g/mol. The molecule has 1 N–H and O–H groups in total. The summed E-state index contributed by atoms with van der Waals surface area (Å²) < 4.78 is 12.7. The summed E-state index contributed by atoms with van der Waals surface area (Å²) in [5.74, 6) is 2.64. The summed E-state index contributed by atoms with van der Waals surface area (Å²) in [6.07, 6.45) is 3.90. The molecule has 8 nitrogen and oxygen atoms in total. The third kappa shape index (κ3) is 4.16. The Morgan fingerprint density at radius 2 is 1.96 bits per heavy atom. The monoisotopic (exact) mass is 370 g/mol. The van der Waals surface area contributed by atoms with Gasteiger partial charge in [-0.3, -0.25) is 14.6 Å². The molecule has 0 saturated carbocycles. The fourth-order valence-electron chi connectivity index (χ4n) is 3.49. The molecule has 0 amide bonds. The van der Waals surface area contributed by atoms with Crippen LogP contribution in [0.2, 0.25) is 0 Å². The van der Waals surface area contributed by atoms with E-state index in [1.807, 2.05) is 37.2 Å². The molecular weight excluding hydrogens is 344 g/mol. The number of guanidine groups is 1. The molecule has 1 fully saturated rings.